The summed E-state index contributed by atoms with van der Waals surface area (Å²) in [6.07, 6.45) is 2.36. The van der Waals surface area contributed by atoms with E-state index in [-0.39, 0.29) is 17.9 Å². The predicted molar refractivity (Wildman–Crippen MR) is 120 cm³/mol. The minimum Gasteiger partial charge on any atom is -0.494 e. The Morgan fingerprint density at radius 1 is 0.967 bits per heavy atom. The van der Waals surface area contributed by atoms with Crippen molar-refractivity contribution in [3.63, 3.8) is 0 Å². The third kappa shape index (κ3) is 7.54. The monoisotopic (exact) mass is 410 g/mol. The van der Waals surface area contributed by atoms with Crippen molar-refractivity contribution in [3.05, 3.63) is 66.2 Å². The molecule has 0 fully saturated rings. The second-order valence-electron chi connectivity index (χ2n) is 7.51. The first kappa shape index (κ1) is 23.5. The van der Waals surface area contributed by atoms with Gasteiger partial charge >= 0.3 is 0 Å². The van der Waals surface area contributed by atoms with Crippen molar-refractivity contribution in [2.75, 3.05) is 6.61 Å². The summed E-state index contributed by atoms with van der Waals surface area (Å²) in [5.41, 5.74) is 1.01. The van der Waals surface area contributed by atoms with E-state index in [2.05, 4.69) is 5.32 Å². The maximum atomic E-state index is 13.1. The van der Waals surface area contributed by atoms with E-state index in [1.165, 1.54) is 0 Å². The van der Waals surface area contributed by atoms with Crippen LogP contribution in [0.2, 0.25) is 0 Å². The van der Waals surface area contributed by atoms with Crippen LogP contribution in [0.15, 0.2) is 60.7 Å². The summed E-state index contributed by atoms with van der Waals surface area (Å²) in [6, 6.07) is 19.0. The van der Waals surface area contributed by atoms with Gasteiger partial charge in [-0.1, -0.05) is 62.4 Å². The molecule has 0 heterocycles. The third-order valence-electron chi connectivity index (χ3n) is 5.13. The van der Waals surface area contributed by atoms with Gasteiger partial charge in [-0.05, 0) is 43.9 Å². The highest BCUT2D eigenvalue weighted by atomic mass is 16.5. The average Bonchev–Trinajstić information content (AvgIpc) is 2.77. The molecule has 0 radical (unpaired) electrons. The molecule has 0 bridgehead atoms. The van der Waals surface area contributed by atoms with Crippen molar-refractivity contribution in [3.8, 4) is 5.75 Å². The van der Waals surface area contributed by atoms with Crippen LogP contribution >= 0.6 is 0 Å². The molecule has 0 aliphatic heterocycles. The number of hydrogen-bond acceptors (Lipinski definition) is 3. The van der Waals surface area contributed by atoms with E-state index in [1.54, 1.807) is 4.90 Å². The zero-order valence-electron chi connectivity index (χ0n) is 18.3. The van der Waals surface area contributed by atoms with E-state index in [4.69, 9.17) is 4.74 Å². The lowest BCUT2D eigenvalue weighted by Gasteiger charge is -2.31. The van der Waals surface area contributed by atoms with Gasteiger partial charge in [-0.3, -0.25) is 9.59 Å². The number of rotatable bonds is 12. The smallest absolute Gasteiger partial charge is 0.243 e. The van der Waals surface area contributed by atoms with Crippen molar-refractivity contribution in [1.29, 1.82) is 0 Å². The fraction of sp³-hybridized carbons (Fsp3) is 0.440. The summed E-state index contributed by atoms with van der Waals surface area (Å²) in [5, 5.41) is 3.03. The Morgan fingerprint density at radius 3 is 2.20 bits per heavy atom. The molecule has 0 aliphatic carbocycles. The van der Waals surface area contributed by atoms with Crippen molar-refractivity contribution in [2.24, 2.45) is 0 Å². The number of ether oxygens (including phenoxy) is 1. The molecule has 0 aromatic heterocycles. The molecule has 162 valence electrons. The summed E-state index contributed by atoms with van der Waals surface area (Å²) in [5.74, 6) is 0.684. The van der Waals surface area contributed by atoms with Gasteiger partial charge in [-0.2, -0.15) is 0 Å². The molecule has 0 saturated carbocycles. The summed E-state index contributed by atoms with van der Waals surface area (Å²) >= 11 is 0. The van der Waals surface area contributed by atoms with E-state index in [0.717, 1.165) is 17.7 Å². The number of benzene rings is 2. The Morgan fingerprint density at radius 2 is 1.60 bits per heavy atom. The van der Waals surface area contributed by atoms with Crippen molar-refractivity contribution in [2.45, 2.75) is 65.1 Å². The summed E-state index contributed by atoms with van der Waals surface area (Å²) in [6.45, 7) is 6.85. The largest absolute Gasteiger partial charge is 0.494 e. The van der Waals surface area contributed by atoms with Gasteiger partial charge < -0.3 is 15.0 Å². The van der Waals surface area contributed by atoms with Crippen LogP contribution in [0, 0.1) is 0 Å². The Balaban J connectivity index is 2.03. The Kier molecular flexibility index (Phi) is 9.92. The summed E-state index contributed by atoms with van der Waals surface area (Å²) in [7, 11) is 0. The Labute approximate surface area is 180 Å². The summed E-state index contributed by atoms with van der Waals surface area (Å²) < 4.78 is 5.71. The first-order chi connectivity index (χ1) is 14.5. The first-order valence-corrected chi connectivity index (χ1v) is 10.9. The molecule has 1 N–H and O–H groups in total. The normalized spacial score (nSPS) is 12.6. The van der Waals surface area contributed by atoms with E-state index in [9.17, 15) is 9.59 Å². The minimum absolute atomic E-state index is 0.0262. The highest BCUT2D eigenvalue weighted by Crippen LogP contribution is 2.15. The molecule has 0 spiro atoms. The summed E-state index contributed by atoms with van der Waals surface area (Å²) in [4.78, 5) is 27.7. The van der Waals surface area contributed by atoms with Crippen LogP contribution in [0.3, 0.4) is 0 Å². The quantitative estimate of drug-likeness (QED) is 0.522. The molecule has 30 heavy (non-hydrogen) atoms. The second-order valence-corrected chi connectivity index (χ2v) is 7.51. The highest BCUT2D eigenvalue weighted by Gasteiger charge is 2.28. The molecule has 2 aromatic rings. The van der Waals surface area contributed by atoms with Crippen molar-refractivity contribution < 1.29 is 14.3 Å². The van der Waals surface area contributed by atoms with Gasteiger partial charge in [0.05, 0.1) is 6.61 Å². The highest BCUT2D eigenvalue weighted by molar-refractivity contribution is 5.87. The van der Waals surface area contributed by atoms with Gasteiger partial charge in [0.25, 0.3) is 0 Å². The van der Waals surface area contributed by atoms with Crippen LogP contribution < -0.4 is 10.1 Å². The van der Waals surface area contributed by atoms with Crippen molar-refractivity contribution in [1.82, 2.24) is 10.2 Å². The lowest BCUT2D eigenvalue weighted by atomic mass is 10.1. The zero-order valence-corrected chi connectivity index (χ0v) is 18.3. The number of nitrogens with one attached hydrogen (secondary N) is 1. The zero-order chi connectivity index (χ0) is 21.8. The molecular formula is C25H34N2O3. The number of para-hydroxylation sites is 1. The number of amides is 2. The van der Waals surface area contributed by atoms with Crippen LogP contribution in [0.5, 0.6) is 5.75 Å². The van der Waals surface area contributed by atoms with E-state index in [1.807, 2.05) is 81.4 Å². The molecule has 2 aromatic carbocycles. The lowest BCUT2D eigenvalue weighted by Crippen LogP contribution is -2.50. The average molecular weight is 411 g/mol. The SMILES string of the molecule is CC[C@H](C(=O)N[C@@H](C)CC)N(Cc1ccccc1)C(=O)CCCOc1ccccc1. The molecule has 0 unspecified atom stereocenters. The third-order valence-corrected chi connectivity index (χ3v) is 5.13. The van der Waals surface area contributed by atoms with Gasteiger partial charge in [0, 0.05) is 19.0 Å². The fourth-order valence-electron chi connectivity index (χ4n) is 3.21. The number of carbonyl (C=O) groups is 2. The molecule has 2 atom stereocenters. The molecule has 0 aliphatic rings. The second kappa shape index (κ2) is 12.7. The Bertz CT molecular complexity index is 764. The topological polar surface area (TPSA) is 58.6 Å². The first-order valence-electron chi connectivity index (χ1n) is 10.9. The lowest BCUT2D eigenvalue weighted by molar-refractivity contribution is -0.141. The maximum Gasteiger partial charge on any atom is 0.243 e. The van der Waals surface area contributed by atoms with Crippen LogP contribution in [0.25, 0.3) is 0 Å². The number of carbonyl (C=O) groups excluding carboxylic acids is 2. The Hall–Kier alpha value is -2.82. The van der Waals surface area contributed by atoms with Gasteiger partial charge in [0.15, 0.2) is 0 Å². The van der Waals surface area contributed by atoms with Gasteiger partial charge in [-0.25, -0.2) is 0 Å². The van der Waals surface area contributed by atoms with E-state index in [0.29, 0.717) is 32.4 Å². The molecule has 2 rings (SSSR count). The van der Waals surface area contributed by atoms with E-state index >= 15 is 0 Å². The van der Waals surface area contributed by atoms with Crippen LogP contribution in [0.4, 0.5) is 0 Å². The van der Waals surface area contributed by atoms with Crippen LogP contribution in [0.1, 0.15) is 52.0 Å². The number of hydrogen-bond donors (Lipinski definition) is 1. The molecule has 5 nitrogen and oxygen atoms in total. The standard InChI is InChI=1S/C25H34N2O3/c1-4-20(3)26-25(29)23(5-2)27(19-21-13-8-6-9-14-21)24(28)17-12-18-30-22-15-10-7-11-16-22/h6-11,13-16,20,23H,4-5,12,17-19H2,1-3H3,(H,26,29)/t20-,23+/m0/s1. The molecule has 5 heteroatoms. The molecule has 0 saturated heterocycles. The van der Waals surface area contributed by atoms with Crippen molar-refractivity contribution >= 4 is 11.8 Å². The maximum absolute atomic E-state index is 13.1. The van der Waals surface area contributed by atoms with Crippen LogP contribution in [-0.4, -0.2) is 35.4 Å². The minimum atomic E-state index is -0.484. The van der Waals surface area contributed by atoms with E-state index < -0.39 is 6.04 Å². The van der Waals surface area contributed by atoms with Gasteiger partial charge in [0.1, 0.15) is 11.8 Å². The predicted octanol–water partition coefficient (Wildman–Crippen LogP) is 4.57. The van der Waals surface area contributed by atoms with Gasteiger partial charge in [0.2, 0.25) is 11.8 Å². The number of nitrogens with zero attached hydrogens (tertiary/aromatic N) is 1. The fourth-order valence-corrected chi connectivity index (χ4v) is 3.21. The van der Waals surface area contributed by atoms with Gasteiger partial charge in [-0.15, -0.1) is 0 Å². The van der Waals surface area contributed by atoms with Crippen LogP contribution in [-0.2, 0) is 16.1 Å². The molecule has 2 amide bonds. The molecular weight excluding hydrogens is 376 g/mol.